The van der Waals surface area contributed by atoms with Crippen LogP contribution in [0.25, 0.3) is 0 Å². The number of rotatable bonds is 9. The van der Waals surface area contributed by atoms with Gasteiger partial charge in [-0.25, -0.2) is 4.79 Å². The Balaban J connectivity index is 2.64. The zero-order valence-electron chi connectivity index (χ0n) is 13.7. The van der Waals surface area contributed by atoms with Crippen LogP contribution in [-0.4, -0.2) is 35.1 Å². The van der Waals surface area contributed by atoms with Gasteiger partial charge < -0.3 is 15.3 Å². The first-order valence-corrected chi connectivity index (χ1v) is 8.28. The van der Waals surface area contributed by atoms with Crippen LogP contribution in [0.2, 0.25) is 0 Å². The summed E-state index contributed by atoms with van der Waals surface area (Å²) >= 11 is 5.78. The maximum Gasteiger partial charge on any atom is 0.407 e. The molecule has 0 spiro atoms. The monoisotopic (exact) mass is 326 g/mol. The summed E-state index contributed by atoms with van der Waals surface area (Å²) in [5, 5.41) is 12.7. The third-order valence-electron chi connectivity index (χ3n) is 3.31. The Morgan fingerprint density at radius 1 is 1.32 bits per heavy atom. The molecule has 5 heteroatoms. The molecular weight excluding hydrogens is 300 g/mol. The summed E-state index contributed by atoms with van der Waals surface area (Å²) in [6.45, 7) is 8.92. The van der Waals surface area contributed by atoms with E-state index in [9.17, 15) is 9.90 Å². The maximum absolute atomic E-state index is 11.4. The SMILES string of the molecule is CC(C)CNCc1cccc(CN(CC(C)CCl)C(=O)O)c1. The first kappa shape index (κ1) is 18.8. The number of halogens is 1. The summed E-state index contributed by atoms with van der Waals surface area (Å²) in [7, 11) is 0. The van der Waals surface area contributed by atoms with E-state index in [0.717, 1.165) is 18.7 Å². The van der Waals surface area contributed by atoms with Crippen LogP contribution in [0.15, 0.2) is 24.3 Å². The average Bonchev–Trinajstić information content (AvgIpc) is 2.46. The van der Waals surface area contributed by atoms with Crippen molar-refractivity contribution in [3.63, 3.8) is 0 Å². The number of hydrogen-bond acceptors (Lipinski definition) is 2. The number of amides is 1. The lowest BCUT2D eigenvalue weighted by molar-refractivity contribution is 0.136. The van der Waals surface area contributed by atoms with Gasteiger partial charge in [-0.15, -0.1) is 11.6 Å². The Kier molecular flexibility index (Phi) is 8.28. The summed E-state index contributed by atoms with van der Waals surface area (Å²) in [5.74, 6) is 1.22. The molecule has 0 bridgehead atoms. The lowest BCUT2D eigenvalue weighted by Crippen LogP contribution is -2.33. The standard InChI is InChI=1S/C17H27ClN2O2/c1-13(2)9-19-10-15-5-4-6-16(7-15)12-20(17(21)22)11-14(3)8-18/h4-7,13-14,19H,8-12H2,1-3H3,(H,21,22). The Hall–Kier alpha value is -1.26. The van der Waals surface area contributed by atoms with E-state index in [1.54, 1.807) is 0 Å². The molecule has 1 aromatic carbocycles. The van der Waals surface area contributed by atoms with Gasteiger partial charge in [0.25, 0.3) is 0 Å². The number of alkyl halides is 1. The molecule has 1 amide bonds. The van der Waals surface area contributed by atoms with Crippen LogP contribution < -0.4 is 5.32 Å². The fourth-order valence-corrected chi connectivity index (χ4v) is 2.30. The van der Waals surface area contributed by atoms with E-state index in [1.165, 1.54) is 10.5 Å². The van der Waals surface area contributed by atoms with Crippen molar-refractivity contribution in [2.45, 2.75) is 33.9 Å². The second-order valence-corrected chi connectivity index (χ2v) is 6.58. The molecule has 2 N–H and O–H groups in total. The minimum absolute atomic E-state index is 0.147. The highest BCUT2D eigenvalue weighted by Gasteiger charge is 2.15. The minimum atomic E-state index is -0.902. The summed E-state index contributed by atoms with van der Waals surface area (Å²) in [6.07, 6.45) is -0.902. The molecule has 0 aliphatic rings. The highest BCUT2D eigenvalue weighted by atomic mass is 35.5. The molecule has 0 saturated carbocycles. The molecule has 0 radical (unpaired) electrons. The number of carboxylic acid groups (broad SMARTS) is 1. The van der Waals surface area contributed by atoms with Gasteiger partial charge in [-0.05, 0) is 29.5 Å². The maximum atomic E-state index is 11.4. The van der Waals surface area contributed by atoms with E-state index in [0.29, 0.717) is 24.9 Å². The zero-order valence-corrected chi connectivity index (χ0v) is 14.4. The summed E-state index contributed by atoms with van der Waals surface area (Å²) < 4.78 is 0. The van der Waals surface area contributed by atoms with Crippen molar-refractivity contribution in [3.05, 3.63) is 35.4 Å². The van der Waals surface area contributed by atoms with Gasteiger partial charge >= 0.3 is 6.09 Å². The van der Waals surface area contributed by atoms with E-state index in [4.69, 9.17) is 11.6 Å². The molecule has 0 aliphatic heterocycles. The Labute approximate surface area is 138 Å². The number of nitrogens with zero attached hydrogens (tertiary/aromatic N) is 1. The molecule has 0 saturated heterocycles. The van der Waals surface area contributed by atoms with Gasteiger partial charge in [0.1, 0.15) is 0 Å². The van der Waals surface area contributed by atoms with Crippen molar-refractivity contribution < 1.29 is 9.90 Å². The summed E-state index contributed by atoms with van der Waals surface area (Å²) in [4.78, 5) is 12.8. The van der Waals surface area contributed by atoms with Crippen LogP contribution in [0, 0.1) is 11.8 Å². The van der Waals surface area contributed by atoms with Crippen molar-refractivity contribution in [2.24, 2.45) is 11.8 Å². The van der Waals surface area contributed by atoms with Crippen LogP contribution in [0.4, 0.5) is 4.79 Å². The predicted molar refractivity (Wildman–Crippen MR) is 91.3 cm³/mol. The fraction of sp³-hybridized carbons (Fsp3) is 0.588. The second kappa shape index (κ2) is 9.70. The van der Waals surface area contributed by atoms with Crippen molar-refractivity contribution in [1.29, 1.82) is 0 Å². The van der Waals surface area contributed by atoms with Gasteiger partial charge in [0.15, 0.2) is 0 Å². The molecule has 22 heavy (non-hydrogen) atoms. The molecule has 1 atom stereocenters. The fourth-order valence-electron chi connectivity index (χ4n) is 2.20. The van der Waals surface area contributed by atoms with Gasteiger partial charge in [-0.3, -0.25) is 0 Å². The molecule has 4 nitrogen and oxygen atoms in total. The number of carbonyl (C=O) groups is 1. The topological polar surface area (TPSA) is 52.6 Å². The second-order valence-electron chi connectivity index (χ2n) is 6.27. The number of benzene rings is 1. The van der Waals surface area contributed by atoms with E-state index in [1.807, 2.05) is 19.1 Å². The lowest BCUT2D eigenvalue weighted by atomic mass is 10.1. The Morgan fingerprint density at radius 3 is 2.59 bits per heavy atom. The Morgan fingerprint density at radius 2 is 2.00 bits per heavy atom. The van der Waals surface area contributed by atoms with E-state index in [2.05, 4.69) is 31.3 Å². The molecule has 0 heterocycles. The molecule has 1 unspecified atom stereocenters. The van der Waals surface area contributed by atoms with E-state index < -0.39 is 6.09 Å². The van der Waals surface area contributed by atoms with Gasteiger partial charge in [-0.2, -0.15) is 0 Å². The normalized spacial score (nSPS) is 12.4. The predicted octanol–water partition coefficient (Wildman–Crippen LogP) is 3.79. The molecule has 1 aromatic rings. The van der Waals surface area contributed by atoms with Gasteiger partial charge in [0.2, 0.25) is 0 Å². The van der Waals surface area contributed by atoms with Crippen molar-refractivity contribution >= 4 is 17.7 Å². The van der Waals surface area contributed by atoms with E-state index in [-0.39, 0.29) is 5.92 Å². The molecule has 0 fully saturated rings. The minimum Gasteiger partial charge on any atom is -0.465 e. The third kappa shape index (κ3) is 7.14. The zero-order chi connectivity index (χ0) is 16.5. The molecule has 124 valence electrons. The average molecular weight is 327 g/mol. The van der Waals surface area contributed by atoms with Crippen LogP contribution in [0.5, 0.6) is 0 Å². The van der Waals surface area contributed by atoms with Gasteiger partial charge in [-0.1, -0.05) is 45.0 Å². The first-order valence-electron chi connectivity index (χ1n) is 7.74. The molecule has 1 rings (SSSR count). The van der Waals surface area contributed by atoms with Crippen molar-refractivity contribution in [3.8, 4) is 0 Å². The largest absolute Gasteiger partial charge is 0.465 e. The van der Waals surface area contributed by atoms with Crippen LogP contribution >= 0.6 is 11.6 Å². The molecular formula is C17H27ClN2O2. The third-order valence-corrected chi connectivity index (χ3v) is 3.84. The molecule has 0 aromatic heterocycles. The van der Waals surface area contributed by atoms with Crippen LogP contribution in [-0.2, 0) is 13.1 Å². The lowest BCUT2D eigenvalue weighted by Gasteiger charge is -2.22. The number of hydrogen-bond donors (Lipinski definition) is 2. The van der Waals surface area contributed by atoms with Crippen molar-refractivity contribution in [2.75, 3.05) is 19.0 Å². The quantitative estimate of drug-likeness (QED) is 0.679. The van der Waals surface area contributed by atoms with E-state index >= 15 is 0 Å². The van der Waals surface area contributed by atoms with Gasteiger partial charge in [0, 0.05) is 25.5 Å². The highest BCUT2D eigenvalue weighted by Crippen LogP contribution is 2.11. The van der Waals surface area contributed by atoms with Crippen LogP contribution in [0.1, 0.15) is 31.9 Å². The van der Waals surface area contributed by atoms with Crippen LogP contribution in [0.3, 0.4) is 0 Å². The highest BCUT2D eigenvalue weighted by molar-refractivity contribution is 6.18. The summed E-state index contributed by atoms with van der Waals surface area (Å²) in [5.41, 5.74) is 2.18. The van der Waals surface area contributed by atoms with Crippen molar-refractivity contribution in [1.82, 2.24) is 10.2 Å². The van der Waals surface area contributed by atoms with Gasteiger partial charge in [0.05, 0.1) is 0 Å². The smallest absolute Gasteiger partial charge is 0.407 e. The summed E-state index contributed by atoms with van der Waals surface area (Å²) in [6, 6.07) is 8.07. The first-order chi connectivity index (χ1) is 10.4. The molecule has 0 aliphatic carbocycles. The Bertz CT molecular complexity index is 466. The number of nitrogens with one attached hydrogen (secondary N) is 1.